The van der Waals surface area contributed by atoms with Gasteiger partial charge >= 0.3 is 0 Å². The molecule has 2 aromatic rings. The number of fused-ring (bicyclic) bond motifs is 1. The first-order chi connectivity index (χ1) is 9.22. The molecule has 2 aromatic heterocycles. The summed E-state index contributed by atoms with van der Waals surface area (Å²) >= 11 is 0. The highest BCUT2D eigenvalue weighted by Gasteiger charge is 2.18. The van der Waals surface area contributed by atoms with Gasteiger partial charge in [-0.2, -0.15) is 4.98 Å². The molecule has 0 amide bonds. The first-order valence-corrected chi connectivity index (χ1v) is 7.28. The number of aromatic nitrogens is 3. The van der Waals surface area contributed by atoms with Gasteiger partial charge in [-0.3, -0.25) is 0 Å². The van der Waals surface area contributed by atoms with Gasteiger partial charge in [0.1, 0.15) is 0 Å². The van der Waals surface area contributed by atoms with Crippen molar-refractivity contribution in [2.45, 2.75) is 39.5 Å². The molecule has 1 N–H and O–H groups in total. The molecule has 0 radical (unpaired) electrons. The standard InChI is InChI=1S/C15H22N4/c1-11-5-7-13(8-6-11)10-16-15-17-14-12(2)4-3-9-19(14)18-15/h3-4,9,11,13H,5-8,10H2,1-2H3,(H,16,18). The molecule has 0 aliphatic heterocycles. The SMILES string of the molecule is Cc1cccn2nc(NCC3CCC(C)CC3)nc12. The maximum atomic E-state index is 4.55. The summed E-state index contributed by atoms with van der Waals surface area (Å²) in [5.74, 6) is 2.45. The fraction of sp³-hybridized carbons (Fsp3) is 0.600. The molecule has 102 valence electrons. The van der Waals surface area contributed by atoms with E-state index in [9.17, 15) is 0 Å². The summed E-state index contributed by atoms with van der Waals surface area (Å²) in [5, 5.41) is 7.87. The zero-order chi connectivity index (χ0) is 13.2. The minimum absolute atomic E-state index is 0.757. The second kappa shape index (κ2) is 5.19. The molecular weight excluding hydrogens is 236 g/mol. The zero-order valence-corrected chi connectivity index (χ0v) is 11.8. The van der Waals surface area contributed by atoms with E-state index in [4.69, 9.17) is 0 Å². The number of anilines is 1. The van der Waals surface area contributed by atoms with Gasteiger partial charge in [0.05, 0.1) is 0 Å². The van der Waals surface area contributed by atoms with Crippen LogP contribution in [0.4, 0.5) is 5.95 Å². The van der Waals surface area contributed by atoms with Crippen molar-refractivity contribution in [2.24, 2.45) is 11.8 Å². The van der Waals surface area contributed by atoms with E-state index in [0.29, 0.717) is 0 Å². The molecule has 0 spiro atoms. The van der Waals surface area contributed by atoms with Gasteiger partial charge in [0.2, 0.25) is 5.95 Å². The van der Waals surface area contributed by atoms with Crippen LogP contribution in [0.2, 0.25) is 0 Å². The van der Waals surface area contributed by atoms with Gasteiger partial charge in [0, 0.05) is 12.7 Å². The summed E-state index contributed by atoms with van der Waals surface area (Å²) in [6.45, 7) is 5.43. The lowest BCUT2D eigenvalue weighted by atomic mass is 9.83. The lowest BCUT2D eigenvalue weighted by Gasteiger charge is -2.25. The molecule has 1 saturated carbocycles. The molecule has 1 fully saturated rings. The van der Waals surface area contributed by atoms with Crippen molar-refractivity contribution in [3.8, 4) is 0 Å². The van der Waals surface area contributed by atoms with Gasteiger partial charge in [-0.1, -0.05) is 25.8 Å². The van der Waals surface area contributed by atoms with Crippen molar-refractivity contribution in [3.05, 3.63) is 23.9 Å². The molecule has 1 aliphatic carbocycles. The Morgan fingerprint density at radius 1 is 1.32 bits per heavy atom. The van der Waals surface area contributed by atoms with E-state index in [1.165, 1.54) is 25.7 Å². The highest BCUT2D eigenvalue weighted by atomic mass is 15.3. The summed E-state index contributed by atoms with van der Waals surface area (Å²) in [5.41, 5.74) is 2.11. The van der Waals surface area contributed by atoms with Gasteiger partial charge in [-0.05, 0) is 43.2 Å². The van der Waals surface area contributed by atoms with E-state index >= 15 is 0 Å². The lowest BCUT2D eigenvalue weighted by Crippen LogP contribution is -2.20. The number of rotatable bonds is 3. The molecule has 0 bridgehead atoms. The monoisotopic (exact) mass is 258 g/mol. The first kappa shape index (κ1) is 12.5. The Labute approximate surface area is 114 Å². The van der Waals surface area contributed by atoms with Crippen LogP contribution in [0.1, 0.15) is 38.2 Å². The van der Waals surface area contributed by atoms with Crippen LogP contribution in [0.5, 0.6) is 0 Å². The summed E-state index contributed by atoms with van der Waals surface area (Å²) in [7, 11) is 0. The topological polar surface area (TPSA) is 42.2 Å². The van der Waals surface area contributed by atoms with E-state index in [1.807, 2.05) is 16.8 Å². The van der Waals surface area contributed by atoms with Gasteiger partial charge in [0.15, 0.2) is 5.65 Å². The number of pyridine rings is 1. The van der Waals surface area contributed by atoms with Crippen LogP contribution in [0, 0.1) is 18.8 Å². The van der Waals surface area contributed by atoms with Crippen molar-refractivity contribution >= 4 is 11.6 Å². The molecule has 1 aliphatic rings. The number of hydrogen-bond acceptors (Lipinski definition) is 3. The van der Waals surface area contributed by atoms with Crippen LogP contribution in [-0.4, -0.2) is 21.1 Å². The number of nitrogens with zero attached hydrogens (tertiary/aromatic N) is 3. The third-order valence-electron chi connectivity index (χ3n) is 4.24. The largest absolute Gasteiger partial charge is 0.353 e. The second-order valence-electron chi connectivity index (χ2n) is 5.90. The van der Waals surface area contributed by atoms with Crippen molar-refractivity contribution in [2.75, 3.05) is 11.9 Å². The fourth-order valence-corrected chi connectivity index (χ4v) is 2.88. The molecule has 0 aromatic carbocycles. The Balaban J connectivity index is 1.64. The van der Waals surface area contributed by atoms with Crippen LogP contribution in [0.15, 0.2) is 18.3 Å². The molecular formula is C15H22N4. The Hall–Kier alpha value is -1.58. The number of aryl methyl sites for hydroxylation is 1. The third kappa shape index (κ3) is 2.72. The summed E-state index contributed by atoms with van der Waals surface area (Å²) < 4.78 is 1.85. The van der Waals surface area contributed by atoms with E-state index in [2.05, 4.69) is 35.3 Å². The average Bonchev–Trinajstić information content (AvgIpc) is 2.83. The zero-order valence-electron chi connectivity index (χ0n) is 11.8. The second-order valence-corrected chi connectivity index (χ2v) is 5.90. The van der Waals surface area contributed by atoms with Crippen LogP contribution in [0.25, 0.3) is 5.65 Å². The van der Waals surface area contributed by atoms with Gasteiger partial charge < -0.3 is 5.32 Å². The summed E-state index contributed by atoms with van der Waals surface area (Å²) in [6.07, 6.45) is 7.35. The van der Waals surface area contributed by atoms with Crippen molar-refractivity contribution in [3.63, 3.8) is 0 Å². The van der Waals surface area contributed by atoms with Gasteiger partial charge in [-0.25, -0.2) is 4.52 Å². The van der Waals surface area contributed by atoms with Gasteiger partial charge in [0.25, 0.3) is 0 Å². The fourth-order valence-electron chi connectivity index (χ4n) is 2.88. The predicted octanol–water partition coefficient (Wildman–Crippen LogP) is 3.28. The summed E-state index contributed by atoms with van der Waals surface area (Å²) in [6, 6.07) is 4.07. The Morgan fingerprint density at radius 3 is 2.84 bits per heavy atom. The minimum atomic E-state index is 0.757. The Morgan fingerprint density at radius 2 is 2.11 bits per heavy atom. The molecule has 3 rings (SSSR count). The van der Waals surface area contributed by atoms with Crippen molar-refractivity contribution in [1.29, 1.82) is 0 Å². The molecule has 4 nitrogen and oxygen atoms in total. The van der Waals surface area contributed by atoms with Crippen LogP contribution < -0.4 is 5.32 Å². The highest BCUT2D eigenvalue weighted by Crippen LogP contribution is 2.28. The maximum Gasteiger partial charge on any atom is 0.243 e. The van der Waals surface area contributed by atoms with Crippen molar-refractivity contribution in [1.82, 2.24) is 14.6 Å². The minimum Gasteiger partial charge on any atom is -0.353 e. The molecule has 2 heterocycles. The Bertz CT molecular complexity index is 552. The van der Waals surface area contributed by atoms with Crippen LogP contribution in [0.3, 0.4) is 0 Å². The molecule has 0 unspecified atom stereocenters. The Kier molecular flexibility index (Phi) is 3.40. The van der Waals surface area contributed by atoms with Crippen LogP contribution in [-0.2, 0) is 0 Å². The molecule has 19 heavy (non-hydrogen) atoms. The molecule has 0 atom stereocenters. The number of nitrogens with one attached hydrogen (secondary N) is 1. The lowest BCUT2D eigenvalue weighted by molar-refractivity contribution is 0.300. The van der Waals surface area contributed by atoms with E-state index in [0.717, 1.165) is 35.5 Å². The summed E-state index contributed by atoms with van der Waals surface area (Å²) in [4.78, 5) is 4.55. The highest BCUT2D eigenvalue weighted by molar-refractivity contribution is 5.49. The predicted molar refractivity (Wildman–Crippen MR) is 77.3 cm³/mol. The normalized spacial score (nSPS) is 23.7. The van der Waals surface area contributed by atoms with Crippen LogP contribution >= 0.6 is 0 Å². The third-order valence-corrected chi connectivity index (χ3v) is 4.24. The van der Waals surface area contributed by atoms with Gasteiger partial charge in [-0.15, -0.1) is 5.10 Å². The van der Waals surface area contributed by atoms with Crippen molar-refractivity contribution < 1.29 is 0 Å². The molecule has 4 heteroatoms. The quantitative estimate of drug-likeness (QED) is 0.918. The average molecular weight is 258 g/mol. The smallest absolute Gasteiger partial charge is 0.243 e. The van der Waals surface area contributed by atoms with E-state index in [-0.39, 0.29) is 0 Å². The van der Waals surface area contributed by atoms with E-state index < -0.39 is 0 Å². The first-order valence-electron chi connectivity index (χ1n) is 7.28. The van der Waals surface area contributed by atoms with E-state index in [1.54, 1.807) is 0 Å². The number of hydrogen-bond donors (Lipinski definition) is 1. The molecule has 0 saturated heterocycles. The maximum absolute atomic E-state index is 4.55.